The molecule has 1 aliphatic carbocycles. The Kier molecular flexibility index (Phi) is 4.36. The topological polar surface area (TPSA) is 17.1 Å². The first-order chi connectivity index (χ1) is 8.77. The first-order valence-electron chi connectivity index (χ1n) is 5.49. The van der Waals surface area contributed by atoms with E-state index in [2.05, 4.69) is 11.6 Å². The van der Waals surface area contributed by atoms with Gasteiger partial charge in [-0.25, -0.2) is 0 Å². The summed E-state index contributed by atoms with van der Waals surface area (Å²) in [5.74, 6) is -22.6. The van der Waals surface area contributed by atoms with Crippen LogP contribution in [0.25, 0.3) is 0 Å². The maximum Gasteiger partial charge on any atom is 0.392 e. The number of carbonyl (C=O) groups is 1. The summed E-state index contributed by atoms with van der Waals surface area (Å²) in [6.07, 6.45) is -1.17. The van der Waals surface area contributed by atoms with Gasteiger partial charge in [-0.1, -0.05) is 6.42 Å². The van der Waals surface area contributed by atoms with Crippen LogP contribution < -0.4 is 0 Å². The van der Waals surface area contributed by atoms with Crippen LogP contribution in [0.2, 0.25) is 0 Å². The molecule has 0 radical (unpaired) electrons. The maximum atomic E-state index is 13.5. The number of hydrogen-bond acceptors (Lipinski definition) is 1. The van der Waals surface area contributed by atoms with E-state index in [-0.39, 0.29) is 12.8 Å². The molecule has 0 amide bonds. The second-order valence-corrected chi connectivity index (χ2v) is 5.01. The van der Waals surface area contributed by atoms with Crippen LogP contribution in [0.3, 0.4) is 0 Å². The highest BCUT2D eigenvalue weighted by Gasteiger charge is 2.82. The monoisotopic (exact) mass is 332 g/mol. The van der Waals surface area contributed by atoms with E-state index >= 15 is 0 Å². The fraction of sp³-hybridized carbons (Fsp3) is 0.900. The molecule has 1 fully saturated rings. The average molecular weight is 333 g/mol. The maximum absolute atomic E-state index is 13.5. The number of alkyl halides is 9. The summed E-state index contributed by atoms with van der Waals surface area (Å²) in [7, 11) is 0. The summed E-state index contributed by atoms with van der Waals surface area (Å²) in [5, 5.41) is -5.88. The van der Waals surface area contributed by atoms with Crippen molar-refractivity contribution in [3.63, 3.8) is 0 Å². The molecule has 118 valence electrons. The predicted octanol–water partition coefficient (Wildman–Crippen LogP) is 4.48. The van der Waals surface area contributed by atoms with E-state index in [0.717, 1.165) is 0 Å². The fourth-order valence-corrected chi connectivity index (χ4v) is 2.09. The molecule has 0 aromatic heterocycles. The molecule has 1 nitrogen and oxygen atoms in total. The Bertz CT molecular complexity index is 389. The molecule has 0 saturated heterocycles. The Morgan fingerprint density at radius 1 is 0.900 bits per heavy atom. The molecule has 0 N–H and O–H groups in total. The minimum absolute atomic E-state index is 0.0646. The molecule has 0 spiro atoms. The zero-order chi connectivity index (χ0) is 16.0. The van der Waals surface area contributed by atoms with Gasteiger partial charge >= 0.3 is 23.1 Å². The molecular formula is C10H9ClF8O. The average Bonchev–Trinajstić information content (AvgIpc) is 2.27. The van der Waals surface area contributed by atoms with Crippen LogP contribution in [-0.2, 0) is 4.79 Å². The third kappa shape index (κ3) is 2.48. The van der Waals surface area contributed by atoms with Gasteiger partial charge in [-0.15, -0.1) is 0 Å². The standard InChI is InChI=1S/C10H9ClF8O/c11-10(18,19)9(16,17)8(14,15)7(12,13)5-3-1-2-4-6(5)20/h5H,1-4H2. The lowest BCUT2D eigenvalue weighted by atomic mass is 9.80. The molecule has 0 aromatic carbocycles. The smallest absolute Gasteiger partial charge is 0.299 e. The second kappa shape index (κ2) is 4.99. The highest BCUT2D eigenvalue weighted by molar-refractivity contribution is 6.22. The summed E-state index contributed by atoms with van der Waals surface area (Å²) in [5.41, 5.74) is 0. The lowest BCUT2D eigenvalue weighted by Gasteiger charge is -2.38. The Hall–Kier alpha value is -0.600. The van der Waals surface area contributed by atoms with E-state index in [1.54, 1.807) is 0 Å². The normalized spacial score (nSPS) is 23.1. The van der Waals surface area contributed by atoms with Crippen molar-refractivity contribution in [3.8, 4) is 0 Å². The summed E-state index contributed by atoms with van der Waals surface area (Å²) in [4.78, 5) is 11.2. The van der Waals surface area contributed by atoms with E-state index in [1.807, 2.05) is 0 Å². The Balaban J connectivity index is 3.20. The van der Waals surface area contributed by atoms with Gasteiger partial charge in [-0.2, -0.15) is 35.1 Å². The molecule has 1 aliphatic rings. The van der Waals surface area contributed by atoms with Gasteiger partial charge in [0, 0.05) is 6.42 Å². The molecule has 0 bridgehead atoms. The van der Waals surface area contributed by atoms with Gasteiger partial charge < -0.3 is 0 Å². The SMILES string of the molecule is O=C1CCCCC1C(F)(F)C(F)(F)C(F)(F)C(F)(F)Cl. The van der Waals surface area contributed by atoms with Gasteiger partial charge in [0.15, 0.2) is 0 Å². The molecule has 1 unspecified atom stereocenters. The number of rotatable bonds is 4. The van der Waals surface area contributed by atoms with E-state index in [9.17, 15) is 39.9 Å². The van der Waals surface area contributed by atoms with Gasteiger partial charge in [-0.3, -0.25) is 4.79 Å². The third-order valence-electron chi connectivity index (χ3n) is 3.16. The molecule has 1 atom stereocenters. The number of halogens is 9. The lowest BCUT2D eigenvalue weighted by Crippen LogP contribution is -2.63. The van der Waals surface area contributed by atoms with E-state index in [4.69, 9.17) is 0 Å². The zero-order valence-electron chi connectivity index (χ0n) is 9.72. The first-order valence-corrected chi connectivity index (χ1v) is 5.87. The Labute approximate surface area is 113 Å². The molecule has 20 heavy (non-hydrogen) atoms. The van der Waals surface area contributed by atoms with Gasteiger partial charge in [0.05, 0.1) is 5.92 Å². The van der Waals surface area contributed by atoms with Gasteiger partial charge in [-0.05, 0) is 24.4 Å². The van der Waals surface area contributed by atoms with Crippen molar-refractivity contribution < 1.29 is 39.9 Å². The van der Waals surface area contributed by atoms with Crippen molar-refractivity contribution in [3.05, 3.63) is 0 Å². The molecule has 0 aliphatic heterocycles. The molecule has 1 rings (SSSR count). The zero-order valence-corrected chi connectivity index (χ0v) is 10.5. The van der Waals surface area contributed by atoms with Crippen molar-refractivity contribution in [2.45, 2.75) is 48.8 Å². The van der Waals surface area contributed by atoms with Crippen molar-refractivity contribution in [2.24, 2.45) is 5.92 Å². The van der Waals surface area contributed by atoms with Gasteiger partial charge in [0.2, 0.25) is 0 Å². The lowest BCUT2D eigenvalue weighted by molar-refractivity contribution is -0.357. The quantitative estimate of drug-likeness (QED) is 0.548. The number of Topliss-reactive ketones (excluding diaryl/α,β-unsaturated/α-hetero) is 1. The minimum Gasteiger partial charge on any atom is -0.299 e. The van der Waals surface area contributed by atoms with Crippen molar-refractivity contribution in [1.29, 1.82) is 0 Å². The van der Waals surface area contributed by atoms with E-state index in [0.29, 0.717) is 0 Å². The summed E-state index contributed by atoms with van der Waals surface area (Å²) in [6.45, 7) is 0. The molecule has 1 saturated carbocycles. The summed E-state index contributed by atoms with van der Waals surface area (Å²) in [6, 6.07) is 0. The third-order valence-corrected chi connectivity index (χ3v) is 3.40. The van der Waals surface area contributed by atoms with Crippen LogP contribution in [0.15, 0.2) is 0 Å². The highest BCUT2D eigenvalue weighted by Crippen LogP contribution is 2.57. The Morgan fingerprint density at radius 2 is 1.40 bits per heavy atom. The first kappa shape index (κ1) is 17.5. The van der Waals surface area contributed by atoms with E-state index in [1.165, 1.54) is 0 Å². The van der Waals surface area contributed by atoms with Crippen LogP contribution >= 0.6 is 11.6 Å². The largest absolute Gasteiger partial charge is 0.392 e. The number of carbonyl (C=O) groups excluding carboxylic acids is 1. The number of hydrogen-bond donors (Lipinski definition) is 0. The van der Waals surface area contributed by atoms with Crippen molar-refractivity contribution >= 4 is 17.4 Å². The van der Waals surface area contributed by atoms with E-state index < -0.39 is 47.7 Å². The fourth-order valence-electron chi connectivity index (χ4n) is 1.97. The van der Waals surface area contributed by atoms with Gasteiger partial charge in [0.25, 0.3) is 0 Å². The van der Waals surface area contributed by atoms with Crippen LogP contribution in [0.4, 0.5) is 35.1 Å². The summed E-state index contributed by atoms with van der Waals surface area (Å²) >= 11 is 3.81. The van der Waals surface area contributed by atoms with Crippen LogP contribution in [0.1, 0.15) is 25.7 Å². The highest BCUT2D eigenvalue weighted by atomic mass is 35.5. The second-order valence-electron chi connectivity index (χ2n) is 4.53. The molecule has 0 aromatic rings. The van der Waals surface area contributed by atoms with Crippen LogP contribution in [-0.4, -0.2) is 28.9 Å². The molecule has 10 heteroatoms. The summed E-state index contributed by atoms with van der Waals surface area (Å²) < 4.78 is 104. The predicted molar refractivity (Wildman–Crippen MR) is 52.6 cm³/mol. The molecule has 0 heterocycles. The number of ketones is 1. The minimum atomic E-state index is -6.50. The Morgan fingerprint density at radius 3 is 1.80 bits per heavy atom. The van der Waals surface area contributed by atoms with Gasteiger partial charge in [0.1, 0.15) is 5.78 Å². The van der Waals surface area contributed by atoms with Crippen LogP contribution in [0, 0.1) is 5.92 Å². The van der Waals surface area contributed by atoms with Crippen molar-refractivity contribution in [2.75, 3.05) is 0 Å². The molecular weight excluding hydrogens is 324 g/mol. The van der Waals surface area contributed by atoms with Crippen molar-refractivity contribution in [1.82, 2.24) is 0 Å². The van der Waals surface area contributed by atoms with Crippen LogP contribution in [0.5, 0.6) is 0 Å².